The third kappa shape index (κ3) is 5.38. The summed E-state index contributed by atoms with van der Waals surface area (Å²) in [6, 6.07) is 88.4. The van der Waals surface area contributed by atoms with Gasteiger partial charge in [-0.2, -0.15) is 0 Å². The minimum atomic E-state index is -0.387. The van der Waals surface area contributed by atoms with Crippen molar-refractivity contribution in [3.05, 3.63) is 259 Å². The monoisotopic (exact) mass is 841 g/mol. The van der Waals surface area contributed by atoms with Crippen LogP contribution in [0.2, 0.25) is 0 Å². The Morgan fingerprint density at radius 1 is 0.277 bits per heavy atom. The Morgan fingerprint density at radius 3 is 1.58 bits per heavy atom. The highest BCUT2D eigenvalue weighted by molar-refractivity contribution is 7.25. The van der Waals surface area contributed by atoms with E-state index >= 15 is 0 Å². The molecular weight excluding hydrogens is 803 g/mol. The van der Waals surface area contributed by atoms with Crippen molar-refractivity contribution in [2.24, 2.45) is 0 Å². The Balaban J connectivity index is 0.923. The fraction of sp³-hybridized carbons (Fsp3) is 0.0159. The van der Waals surface area contributed by atoms with E-state index in [0.717, 1.165) is 17.1 Å². The van der Waals surface area contributed by atoms with E-state index in [4.69, 9.17) is 0 Å². The summed E-state index contributed by atoms with van der Waals surface area (Å²) in [5, 5.41) is 7.56. The zero-order valence-electron chi connectivity index (χ0n) is 35.4. The largest absolute Gasteiger partial charge is 0.310 e. The van der Waals surface area contributed by atoms with Crippen molar-refractivity contribution < 1.29 is 0 Å². The molecule has 2 heteroatoms. The van der Waals surface area contributed by atoms with Crippen molar-refractivity contribution in [3.8, 4) is 44.5 Å². The highest BCUT2D eigenvalue weighted by Crippen LogP contribution is 2.63. The summed E-state index contributed by atoms with van der Waals surface area (Å²) >= 11 is 1.87. The molecule has 11 aromatic carbocycles. The number of nitrogens with zero attached hydrogens (tertiary/aromatic N) is 1. The molecule has 1 aromatic heterocycles. The molecule has 302 valence electrons. The summed E-state index contributed by atoms with van der Waals surface area (Å²) in [7, 11) is 0. The van der Waals surface area contributed by atoms with E-state index in [1.807, 2.05) is 11.3 Å². The minimum absolute atomic E-state index is 0.387. The van der Waals surface area contributed by atoms with Crippen LogP contribution in [-0.4, -0.2) is 0 Å². The summed E-state index contributed by atoms with van der Waals surface area (Å²) in [4.78, 5) is 2.42. The van der Waals surface area contributed by atoms with E-state index in [2.05, 4.69) is 241 Å². The second-order valence-electron chi connectivity index (χ2n) is 17.6. The zero-order valence-corrected chi connectivity index (χ0v) is 36.2. The molecule has 12 aromatic rings. The Labute approximate surface area is 381 Å². The zero-order chi connectivity index (χ0) is 42.6. The second kappa shape index (κ2) is 14.0. The average Bonchev–Trinajstić information content (AvgIpc) is 3.99. The van der Waals surface area contributed by atoms with E-state index in [-0.39, 0.29) is 5.41 Å². The average molecular weight is 842 g/mol. The molecule has 2 aliphatic carbocycles. The number of anilines is 3. The van der Waals surface area contributed by atoms with Gasteiger partial charge in [-0.1, -0.05) is 164 Å². The first-order valence-corrected chi connectivity index (χ1v) is 23.3. The quantitative estimate of drug-likeness (QED) is 0.167. The Kier molecular flexibility index (Phi) is 7.84. The van der Waals surface area contributed by atoms with Crippen LogP contribution >= 0.6 is 11.3 Å². The summed E-state index contributed by atoms with van der Waals surface area (Å²) in [5.74, 6) is 0. The van der Waals surface area contributed by atoms with Crippen LogP contribution in [0.25, 0.3) is 86.2 Å². The molecule has 1 unspecified atom stereocenters. The van der Waals surface area contributed by atoms with Gasteiger partial charge in [0.1, 0.15) is 0 Å². The summed E-state index contributed by atoms with van der Waals surface area (Å²) in [5.41, 5.74) is 18.6. The van der Waals surface area contributed by atoms with Crippen LogP contribution in [0.5, 0.6) is 0 Å². The van der Waals surface area contributed by atoms with Crippen molar-refractivity contribution in [1.82, 2.24) is 0 Å². The van der Waals surface area contributed by atoms with Crippen molar-refractivity contribution in [2.75, 3.05) is 4.90 Å². The van der Waals surface area contributed by atoms with Crippen molar-refractivity contribution >= 4 is 70.1 Å². The SMILES string of the molecule is c1ccc(-c2cccc(N(c3ccc4ccccc4c3)c3ccc4sc5ccc(-c6ccc7c(c6)-c6ccccc6C76c7ccccc7-c7cc8ccccc8cc76)cc5c4c3)c2)cc1. The Hall–Kier alpha value is -8.04. The first-order valence-electron chi connectivity index (χ1n) is 22.5. The lowest BCUT2D eigenvalue weighted by atomic mass is 9.70. The van der Waals surface area contributed by atoms with Gasteiger partial charge in [0, 0.05) is 37.2 Å². The van der Waals surface area contributed by atoms with Crippen LogP contribution in [0.1, 0.15) is 22.3 Å². The number of rotatable bonds is 5. The van der Waals surface area contributed by atoms with Crippen LogP contribution in [0.4, 0.5) is 17.1 Å². The number of hydrogen-bond acceptors (Lipinski definition) is 2. The van der Waals surface area contributed by atoms with Gasteiger partial charge in [0.2, 0.25) is 0 Å². The van der Waals surface area contributed by atoms with Gasteiger partial charge < -0.3 is 4.90 Å². The molecule has 1 nitrogen and oxygen atoms in total. The van der Waals surface area contributed by atoms with Crippen LogP contribution in [0.3, 0.4) is 0 Å². The van der Waals surface area contributed by atoms with E-state index in [0.29, 0.717) is 0 Å². The van der Waals surface area contributed by atoms with Gasteiger partial charge in [-0.25, -0.2) is 0 Å². The van der Waals surface area contributed by atoms with Crippen LogP contribution in [0.15, 0.2) is 237 Å². The summed E-state index contributed by atoms with van der Waals surface area (Å²) < 4.78 is 2.58. The lowest BCUT2D eigenvalue weighted by Crippen LogP contribution is -2.25. The summed E-state index contributed by atoms with van der Waals surface area (Å²) in [6.45, 7) is 0. The molecule has 0 radical (unpaired) electrons. The number of benzene rings is 11. The molecule has 1 atom stereocenters. The second-order valence-corrected chi connectivity index (χ2v) is 18.7. The standard InChI is InChI=1S/C63H39NS/c1-2-13-40(14-3-1)43-19-12-20-48(33-43)64(49-28-25-41-15-4-5-16-42(41)34-49)50-29-32-62-56(39-50)55-37-47(27-31-61(55)65-62)46-26-30-59-53(36-46)51-21-8-10-23-57(51)63(59)58-24-11-9-22-52(58)54-35-44-17-6-7-18-45(44)38-60(54)63/h1-39H. The van der Waals surface area contributed by atoms with Gasteiger partial charge in [-0.3, -0.25) is 0 Å². The minimum Gasteiger partial charge on any atom is -0.310 e. The Morgan fingerprint density at radius 2 is 0.800 bits per heavy atom. The molecule has 0 N–H and O–H groups in total. The maximum Gasteiger partial charge on any atom is 0.0725 e. The van der Waals surface area contributed by atoms with Gasteiger partial charge >= 0.3 is 0 Å². The molecule has 0 saturated carbocycles. The van der Waals surface area contributed by atoms with E-state index in [9.17, 15) is 0 Å². The van der Waals surface area contributed by atoms with Gasteiger partial charge in [-0.15, -0.1) is 11.3 Å². The molecule has 1 heterocycles. The van der Waals surface area contributed by atoms with E-state index in [1.54, 1.807) is 0 Å². The van der Waals surface area contributed by atoms with Crippen molar-refractivity contribution in [3.63, 3.8) is 0 Å². The lowest BCUT2D eigenvalue weighted by Gasteiger charge is -2.30. The molecule has 65 heavy (non-hydrogen) atoms. The van der Waals surface area contributed by atoms with E-state index < -0.39 is 0 Å². The molecule has 1 spiro atoms. The smallest absolute Gasteiger partial charge is 0.0725 e. The van der Waals surface area contributed by atoms with Gasteiger partial charge in [-0.05, 0) is 161 Å². The summed E-state index contributed by atoms with van der Waals surface area (Å²) in [6.07, 6.45) is 0. The molecule has 2 aliphatic rings. The first-order chi connectivity index (χ1) is 32.2. The molecule has 0 aliphatic heterocycles. The molecular formula is C63H39NS. The number of hydrogen-bond donors (Lipinski definition) is 0. The molecule has 0 fully saturated rings. The topological polar surface area (TPSA) is 3.24 Å². The third-order valence-corrected chi connectivity index (χ3v) is 15.4. The number of fused-ring (bicyclic) bond motifs is 15. The van der Waals surface area contributed by atoms with Gasteiger partial charge in [0.25, 0.3) is 0 Å². The van der Waals surface area contributed by atoms with Gasteiger partial charge in [0.15, 0.2) is 0 Å². The molecule has 0 saturated heterocycles. The Bertz CT molecular complexity index is 3910. The van der Waals surface area contributed by atoms with Crippen molar-refractivity contribution in [2.45, 2.75) is 5.41 Å². The predicted molar refractivity (Wildman–Crippen MR) is 276 cm³/mol. The van der Waals surface area contributed by atoms with E-state index in [1.165, 1.54) is 108 Å². The van der Waals surface area contributed by atoms with Crippen LogP contribution < -0.4 is 4.90 Å². The first kappa shape index (κ1) is 36.4. The third-order valence-electron chi connectivity index (χ3n) is 14.2. The van der Waals surface area contributed by atoms with Crippen molar-refractivity contribution in [1.29, 1.82) is 0 Å². The lowest BCUT2D eigenvalue weighted by molar-refractivity contribution is 0.795. The van der Waals surface area contributed by atoms with Gasteiger partial charge in [0.05, 0.1) is 5.41 Å². The molecule has 14 rings (SSSR count). The highest BCUT2D eigenvalue weighted by atomic mass is 32.1. The number of thiophene rings is 1. The van der Waals surface area contributed by atoms with Crippen LogP contribution in [-0.2, 0) is 5.41 Å². The fourth-order valence-electron chi connectivity index (χ4n) is 11.3. The highest BCUT2D eigenvalue weighted by Gasteiger charge is 2.51. The van der Waals surface area contributed by atoms with Crippen LogP contribution in [0, 0.1) is 0 Å². The molecule has 0 amide bonds. The molecule has 0 bridgehead atoms. The fourth-order valence-corrected chi connectivity index (χ4v) is 12.4. The maximum atomic E-state index is 2.47. The maximum absolute atomic E-state index is 2.47. The predicted octanol–water partition coefficient (Wildman–Crippen LogP) is 17.5. The normalized spacial score (nSPS) is 14.5.